The van der Waals surface area contributed by atoms with E-state index in [-0.39, 0.29) is 0 Å². The smallest absolute Gasteiger partial charge is 0.243 e. The van der Waals surface area contributed by atoms with Crippen LogP contribution < -0.4 is 0 Å². The Balaban J connectivity index is 3.95. The lowest BCUT2D eigenvalue weighted by Crippen LogP contribution is -2.27. The monoisotopic (exact) mass is 156 g/mol. The molecule has 3 nitrogen and oxygen atoms in total. The lowest BCUT2D eigenvalue weighted by Gasteiger charge is -2.17. The van der Waals surface area contributed by atoms with Crippen molar-refractivity contribution in [1.29, 1.82) is 5.26 Å². The molecule has 4 heteroatoms. The Hall–Kier alpha value is -0.823. The van der Waals surface area contributed by atoms with Gasteiger partial charge in [0.15, 0.2) is 5.90 Å². The van der Waals surface area contributed by atoms with E-state index in [2.05, 4.69) is 4.99 Å². The highest BCUT2D eigenvalue weighted by Gasteiger charge is 2.16. The second-order valence-electron chi connectivity index (χ2n) is 2.95. The Labute approximate surface area is 62.5 Å². The number of nitriles is 1. The van der Waals surface area contributed by atoms with E-state index < -0.39 is 8.32 Å². The van der Waals surface area contributed by atoms with Crippen LogP contribution in [0.2, 0.25) is 19.6 Å². The molecule has 0 unspecified atom stereocenters. The summed E-state index contributed by atoms with van der Waals surface area (Å²) < 4.78 is 5.34. The van der Waals surface area contributed by atoms with Crippen LogP contribution in [0.1, 0.15) is 6.92 Å². The van der Waals surface area contributed by atoms with Crippen molar-refractivity contribution in [2.75, 3.05) is 0 Å². The van der Waals surface area contributed by atoms with Crippen molar-refractivity contribution in [3.63, 3.8) is 0 Å². The minimum atomic E-state index is -1.54. The highest BCUT2D eigenvalue weighted by Crippen LogP contribution is 2.02. The summed E-state index contributed by atoms with van der Waals surface area (Å²) in [5.74, 6) is 0.474. The summed E-state index contributed by atoms with van der Waals surface area (Å²) in [5, 5.41) is 8.13. The fourth-order valence-electron chi connectivity index (χ4n) is 0.536. The molecule has 0 radical (unpaired) electrons. The molecule has 0 aromatic rings. The van der Waals surface area contributed by atoms with Gasteiger partial charge in [-0.05, 0) is 19.6 Å². The third-order valence-corrected chi connectivity index (χ3v) is 1.57. The minimum absolute atomic E-state index is 0.474. The zero-order valence-corrected chi connectivity index (χ0v) is 7.80. The predicted molar refractivity (Wildman–Crippen MR) is 43.2 cm³/mol. The first-order valence-corrected chi connectivity index (χ1v) is 6.49. The molecule has 0 aromatic carbocycles. The van der Waals surface area contributed by atoms with Crippen molar-refractivity contribution in [2.45, 2.75) is 26.6 Å². The summed E-state index contributed by atoms with van der Waals surface area (Å²) in [7, 11) is -1.54. The van der Waals surface area contributed by atoms with Crippen molar-refractivity contribution >= 4 is 14.2 Å². The van der Waals surface area contributed by atoms with Gasteiger partial charge in [0.2, 0.25) is 14.5 Å². The first-order chi connectivity index (χ1) is 4.45. The molecular formula is C6H12N2OSi. The molecular weight excluding hydrogens is 144 g/mol. The average molecular weight is 156 g/mol. The van der Waals surface area contributed by atoms with Crippen LogP contribution in [-0.2, 0) is 4.43 Å². The van der Waals surface area contributed by atoms with E-state index in [0.29, 0.717) is 5.90 Å². The molecule has 0 bridgehead atoms. The fraction of sp³-hybridized carbons (Fsp3) is 0.667. The number of rotatable bonds is 1. The quantitative estimate of drug-likeness (QED) is 0.251. The summed E-state index contributed by atoms with van der Waals surface area (Å²) in [5.41, 5.74) is 0. The molecule has 0 aromatic heterocycles. The van der Waals surface area contributed by atoms with Crippen LogP contribution in [-0.4, -0.2) is 14.2 Å². The molecule has 0 amide bonds. The summed E-state index contributed by atoms with van der Waals surface area (Å²) in [6.45, 7) is 7.83. The molecule has 0 heterocycles. The zero-order valence-electron chi connectivity index (χ0n) is 6.80. The highest BCUT2D eigenvalue weighted by atomic mass is 28.4. The molecule has 0 aliphatic heterocycles. The normalized spacial score (nSPS) is 12.5. The number of nitrogens with zero attached hydrogens (tertiary/aromatic N) is 2. The van der Waals surface area contributed by atoms with Crippen LogP contribution in [0.15, 0.2) is 4.99 Å². The SMILES string of the molecule is CC(=NC#N)O[Si](C)(C)C. The van der Waals surface area contributed by atoms with Crippen LogP contribution in [0, 0.1) is 11.5 Å². The standard InChI is InChI=1S/C6H12N2OSi/c1-6(8-5-7)9-10(2,3)4/h1-4H3. The Bertz CT molecular complexity index is 175. The van der Waals surface area contributed by atoms with Crippen molar-refractivity contribution in [2.24, 2.45) is 4.99 Å². The van der Waals surface area contributed by atoms with E-state index in [1.165, 1.54) is 0 Å². The lowest BCUT2D eigenvalue weighted by molar-refractivity contribution is 0.548. The molecule has 0 spiro atoms. The van der Waals surface area contributed by atoms with Crippen molar-refractivity contribution < 1.29 is 4.43 Å². The average Bonchev–Trinajstić information content (AvgIpc) is 1.59. The van der Waals surface area contributed by atoms with Gasteiger partial charge in [0.1, 0.15) is 0 Å². The molecule has 0 atom stereocenters. The molecule has 0 aliphatic rings. The van der Waals surface area contributed by atoms with Crippen LogP contribution in [0.25, 0.3) is 0 Å². The van der Waals surface area contributed by atoms with E-state index in [9.17, 15) is 0 Å². The largest absolute Gasteiger partial charge is 0.534 e. The van der Waals surface area contributed by atoms with E-state index in [0.717, 1.165) is 0 Å². The molecule has 0 aliphatic carbocycles. The first-order valence-electron chi connectivity index (χ1n) is 3.08. The highest BCUT2D eigenvalue weighted by molar-refractivity contribution is 6.71. The third-order valence-electron chi connectivity index (χ3n) is 0.661. The molecule has 0 N–H and O–H groups in total. The van der Waals surface area contributed by atoms with Crippen molar-refractivity contribution in [1.82, 2.24) is 0 Å². The van der Waals surface area contributed by atoms with Gasteiger partial charge in [-0.2, -0.15) is 5.26 Å². The van der Waals surface area contributed by atoms with Crippen LogP contribution in [0.4, 0.5) is 0 Å². The fourth-order valence-corrected chi connectivity index (χ4v) is 1.47. The van der Waals surface area contributed by atoms with E-state index in [4.69, 9.17) is 9.69 Å². The van der Waals surface area contributed by atoms with E-state index in [1.807, 2.05) is 19.6 Å². The van der Waals surface area contributed by atoms with Gasteiger partial charge >= 0.3 is 0 Å². The van der Waals surface area contributed by atoms with Crippen molar-refractivity contribution in [3.05, 3.63) is 0 Å². The van der Waals surface area contributed by atoms with Crippen LogP contribution >= 0.6 is 0 Å². The number of hydrogen-bond donors (Lipinski definition) is 0. The van der Waals surface area contributed by atoms with Gasteiger partial charge < -0.3 is 4.43 Å². The minimum Gasteiger partial charge on any atom is -0.534 e. The zero-order chi connectivity index (χ0) is 8.20. The Morgan fingerprint density at radius 3 is 2.30 bits per heavy atom. The Morgan fingerprint density at radius 1 is 1.50 bits per heavy atom. The number of aliphatic imine (C=N–C) groups is 1. The van der Waals surface area contributed by atoms with Gasteiger partial charge in [0, 0.05) is 6.92 Å². The maximum Gasteiger partial charge on any atom is 0.243 e. The molecule has 0 saturated heterocycles. The van der Waals surface area contributed by atoms with Gasteiger partial charge in [0.05, 0.1) is 0 Å². The van der Waals surface area contributed by atoms with Crippen molar-refractivity contribution in [3.8, 4) is 6.19 Å². The van der Waals surface area contributed by atoms with Crippen LogP contribution in [0.3, 0.4) is 0 Å². The molecule has 10 heavy (non-hydrogen) atoms. The van der Waals surface area contributed by atoms with E-state index >= 15 is 0 Å². The lowest BCUT2D eigenvalue weighted by atomic mass is 10.8. The summed E-state index contributed by atoms with van der Waals surface area (Å²) in [6, 6.07) is 0. The first kappa shape index (κ1) is 9.18. The Morgan fingerprint density at radius 2 is 2.00 bits per heavy atom. The summed E-state index contributed by atoms with van der Waals surface area (Å²) >= 11 is 0. The van der Waals surface area contributed by atoms with Gasteiger partial charge in [-0.25, -0.2) is 0 Å². The second-order valence-corrected chi connectivity index (χ2v) is 7.37. The summed E-state index contributed by atoms with van der Waals surface area (Å²) in [6.07, 6.45) is 1.68. The van der Waals surface area contributed by atoms with Crippen LogP contribution in [0.5, 0.6) is 0 Å². The molecule has 0 fully saturated rings. The van der Waals surface area contributed by atoms with E-state index in [1.54, 1.807) is 13.1 Å². The predicted octanol–water partition coefficient (Wildman–Crippen LogP) is 1.74. The number of hydrogen-bond acceptors (Lipinski definition) is 3. The Kier molecular flexibility index (Phi) is 3.09. The maximum absolute atomic E-state index is 8.13. The summed E-state index contributed by atoms with van der Waals surface area (Å²) in [4.78, 5) is 3.44. The second kappa shape index (κ2) is 3.37. The van der Waals surface area contributed by atoms with Gasteiger partial charge in [0.25, 0.3) is 0 Å². The van der Waals surface area contributed by atoms with Gasteiger partial charge in [-0.3, -0.25) is 0 Å². The maximum atomic E-state index is 8.13. The molecule has 0 rings (SSSR count). The van der Waals surface area contributed by atoms with Gasteiger partial charge in [-0.15, -0.1) is 4.99 Å². The molecule has 56 valence electrons. The molecule has 0 saturated carbocycles. The van der Waals surface area contributed by atoms with Gasteiger partial charge in [-0.1, -0.05) is 0 Å². The topological polar surface area (TPSA) is 45.4 Å². The third kappa shape index (κ3) is 5.32.